The molecule has 9 heteroatoms. The molecule has 1 fully saturated rings. The number of piperazine rings is 1. The summed E-state index contributed by atoms with van der Waals surface area (Å²) in [5.41, 5.74) is 2.16. The Morgan fingerprint density at radius 2 is 1.86 bits per heavy atom. The van der Waals surface area contributed by atoms with Crippen LogP contribution in [0.15, 0.2) is 47.5 Å². The average molecular weight is 518 g/mol. The Balaban J connectivity index is 1.16. The molecular weight excluding hydrogens is 486 g/mol. The van der Waals surface area contributed by atoms with Gasteiger partial charge in [0.25, 0.3) is 5.56 Å². The van der Waals surface area contributed by atoms with E-state index in [9.17, 15) is 9.59 Å². The molecule has 37 heavy (non-hydrogen) atoms. The maximum Gasteiger partial charge on any atom is 0.262 e. The Hall–Kier alpha value is -3.43. The van der Waals surface area contributed by atoms with Gasteiger partial charge in [0.15, 0.2) is 0 Å². The molecule has 4 heterocycles. The van der Waals surface area contributed by atoms with Gasteiger partial charge in [-0.2, -0.15) is 0 Å². The minimum Gasteiger partial charge on any atom is -0.495 e. The molecule has 0 atom stereocenters. The molecule has 0 spiro atoms. The number of anilines is 1. The first kappa shape index (κ1) is 23.9. The van der Waals surface area contributed by atoms with Gasteiger partial charge >= 0.3 is 0 Å². The monoisotopic (exact) mass is 517 g/mol. The Labute approximate surface area is 219 Å². The maximum absolute atomic E-state index is 13.4. The number of methoxy groups -OCH3 is 1. The van der Waals surface area contributed by atoms with Crippen molar-refractivity contribution in [3.8, 4) is 5.75 Å². The van der Waals surface area contributed by atoms with Crippen molar-refractivity contribution in [2.75, 3.05) is 51.3 Å². The predicted octanol–water partition coefficient (Wildman–Crippen LogP) is 3.35. The first-order valence-corrected chi connectivity index (χ1v) is 13.6. The summed E-state index contributed by atoms with van der Waals surface area (Å²) in [6.07, 6.45) is 2.48. The fraction of sp³-hybridized carbons (Fsp3) is 0.393. The van der Waals surface area contributed by atoms with E-state index in [0.29, 0.717) is 25.0 Å². The van der Waals surface area contributed by atoms with Gasteiger partial charge in [0, 0.05) is 75.1 Å². The van der Waals surface area contributed by atoms with E-state index in [1.165, 1.54) is 15.6 Å². The second-order valence-corrected chi connectivity index (χ2v) is 10.9. The fourth-order valence-corrected chi connectivity index (χ4v) is 6.73. The van der Waals surface area contributed by atoms with Gasteiger partial charge < -0.3 is 14.5 Å². The smallest absolute Gasteiger partial charge is 0.262 e. The van der Waals surface area contributed by atoms with Gasteiger partial charge in [-0.15, -0.1) is 11.3 Å². The van der Waals surface area contributed by atoms with Crippen LogP contribution in [0.4, 0.5) is 5.69 Å². The number of aromatic nitrogens is 2. The molecule has 0 radical (unpaired) electrons. The molecule has 2 aliphatic rings. The molecule has 1 amide bonds. The van der Waals surface area contributed by atoms with Gasteiger partial charge in [-0.3, -0.25) is 19.1 Å². The third-order valence-corrected chi connectivity index (χ3v) is 8.89. The zero-order valence-corrected chi connectivity index (χ0v) is 22.1. The highest BCUT2D eigenvalue weighted by Gasteiger charge is 2.26. The lowest BCUT2D eigenvalue weighted by molar-refractivity contribution is -0.129. The summed E-state index contributed by atoms with van der Waals surface area (Å²) in [5, 5.41) is 3.12. The van der Waals surface area contributed by atoms with Crippen LogP contribution in [-0.4, -0.2) is 71.6 Å². The summed E-state index contributed by atoms with van der Waals surface area (Å²) in [6, 6.07) is 12.6. The minimum atomic E-state index is 0.00651. The van der Waals surface area contributed by atoms with Gasteiger partial charge in [0.2, 0.25) is 5.91 Å². The quantitative estimate of drug-likeness (QED) is 0.405. The van der Waals surface area contributed by atoms with Gasteiger partial charge in [-0.05, 0) is 17.9 Å². The number of fused-ring (bicyclic) bond motifs is 4. The number of hydrogen-bond acceptors (Lipinski definition) is 7. The lowest BCUT2D eigenvalue weighted by atomic mass is 10.1. The Kier molecular flexibility index (Phi) is 6.34. The number of amides is 1. The third kappa shape index (κ3) is 4.36. The van der Waals surface area contributed by atoms with Gasteiger partial charge in [-0.25, -0.2) is 4.98 Å². The molecule has 6 rings (SSSR count). The van der Waals surface area contributed by atoms with Crippen LogP contribution in [0.2, 0.25) is 0 Å². The zero-order chi connectivity index (χ0) is 25.5. The number of ether oxygens (including phenoxy) is 1. The lowest BCUT2D eigenvalue weighted by Gasteiger charge is -2.37. The van der Waals surface area contributed by atoms with Crippen molar-refractivity contribution in [2.45, 2.75) is 26.4 Å². The van der Waals surface area contributed by atoms with E-state index in [2.05, 4.69) is 51.2 Å². The largest absolute Gasteiger partial charge is 0.495 e. The van der Waals surface area contributed by atoms with Crippen LogP contribution in [0.5, 0.6) is 5.75 Å². The van der Waals surface area contributed by atoms with Gasteiger partial charge in [0.1, 0.15) is 10.6 Å². The minimum absolute atomic E-state index is 0.00651. The highest BCUT2D eigenvalue weighted by atomic mass is 32.1. The molecule has 2 aromatic carbocycles. The molecule has 0 aliphatic carbocycles. The number of nitrogens with zero attached hydrogens (tertiary/aromatic N) is 5. The second kappa shape index (κ2) is 9.79. The van der Waals surface area contributed by atoms with Crippen molar-refractivity contribution in [3.63, 3.8) is 0 Å². The van der Waals surface area contributed by atoms with Crippen LogP contribution in [-0.2, 0) is 24.3 Å². The molecule has 0 N–H and O–H groups in total. The van der Waals surface area contributed by atoms with Crippen molar-refractivity contribution >= 4 is 43.9 Å². The number of hydrogen-bond donors (Lipinski definition) is 0. The number of carbonyl (C=O) groups is 1. The van der Waals surface area contributed by atoms with Crippen LogP contribution in [0, 0.1) is 0 Å². The lowest BCUT2D eigenvalue weighted by Crippen LogP contribution is -2.47. The van der Waals surface area contributed by atoms with Crippen molar-refractivity contribution in [1.82, 2.24) is 19.4 Å². The molecule has 0 bridgehead atoms. The molecule has 192 valence electrons. The average Bonchev–Trinajstić information content (AvgIpc) is 3.31. The van der Waals surface area contributed by atoms with E-state index >= 15 is 0 Å². The predicted molar refractivity (Wildman–Crippen MR) is 148 cm³/mol. The van der Waals surface area contributed by atoms with Crippen LogP contribution in [0.3, 0.4) is 0 Å². The number of thiophene rings is 1. The van der Waals surface area contributed by atoms with E-state index < -0.39 is 0 Å². The molecule has 1 saturated heterocycles. The SMILES string of the molecule is COc1ccc2ccccc2c1N1CCN(CCn2cnc3sc4c(c3c2=O)CN(C(C)=O)CC4)CC1. The summed E-state index contributed by atoms with van der Waals surface area (Å²) >= 11 is 1.60. The summed E-state index contributed by atoms with van der Waals surface area (Å²) in [7, 11) is 1.73. The van der Waals surface area contributed by atoms with Gasteiger partial charge in [0.05, 0.1) is 24.5 Å². The van der Waals surface area contributed by atoms with E-state index in [-0.39, 0.29) is 11.5 Å². The number of carbonyl (C=O) groups excluding carboxylic acids is 1. The van der Waals surface area contributed by atoms with Crippen molar-refractivity contribution in [2.24, 2.45) is 0 Å². The Morgan fingerprint density at radius 1 is 1.05 bits per heavy atom. The van der Waals surface area contributed by atoms with Crippen LogP contribution in [0.1, 0.15) is 17.4 Å². The van der Waals surface area contributed by atoms with Crippen LogP contribution < -0.4 is 15.2 Å². The summed E-state index contributed by atoms with van der Waals surface area (Å²) in [6.45, 7) is 7.82. The van der Waals surface area contributed by atoms with Crippen molar-refractivity contribution in [3.05, 3.63) is 63.5 Å². The summed E-state index contributed by atoms with van der Waals surface area (Å²) in [5.74, 6) is 0.954. The van der Waals surface area contributed by atoms with E-state index in [0.717, 1.165) is 61.0 Å². The summed E-state index contributed by atoms with van der Waals surface area (Å²) < 4.78 is 7.46. The molecule has 4 aromatic rings. The Morgan fingerprint density at radius 3 is 2.65 bits per heavy atom. The van der Waals surface area contributed by atoms with Gasteiger partial charge in [-0.1, -0.05) is 30.3 Å². The normalized spacial score (nSPS) is 16.4. The highest BCUT2D eigenvalue weighted by Crippen LogP contribution is 2.37. The molecule has 0 saturated carbocycles. The Bertz CT molecular complexity index is 1540. The van der Waals surface area contributed by atoms with E-state index in [4.69, 9.17) is 4.74 Å². The second-order valence-electron chi connectivity index (χ2n) is 9.78. The standard InChI is InChI=1S/C28H31N5O3S/c1-19(34)32-10-9-24-22(17-32)25-27(37-24)29-18-33(28(25)35)16-13-30-11-14-31(15-12-30)26-21-6-4-3-5-20(21)7-8-23(26)36-2/h3-8,18H,9-17H2,1-2H3. The summed E-state index contributed by atoms with van der Waals surface area (Å²) in [4.78, 5) is 38.6. The topological polar surface area (TPSA) is 70.9 Å². The molecule has 2 aromatic heterocycles. The van der Waals surface area contributed by atoms with E-state index in [1.807, 2.05) is 4.90 Å². The van der Waals surface area contributed by atoms with Crippen LogP contribution in [0.25, 0.3) is 21.0 Å². The van der Waals surface area contributed by atoms with Crippen LogP contribution >= 0.6 is 11.3 Å². The molecule has 8 nitrogen and oxygen atoms in total. The fourth-order valence-electron chi connectivity index (χ4n) is 5.60. The first-order valence-electron chi connectivity index (χ1n) is 12.8. The highest BCUT2D eigenvalue weighted by molar-refractivity contribution is 7.18. The molecular formula is C28H31N5O3S. The molecule has 2 aliphatic heterocycles. The van der Waals surface area contributed by atoms with Crippen molar-refractivity contribution in [1.29, 1.82) is 0 Å². The van der Waals surface area contributed by atoms with E-state index in [1.54, 1.807) is 36.3 Å². The zero-order valence-electron chi connectivity index (χ0n) is 21.3. The third-order valence-electron chi connectivity index (χ3n) is 7.69. The number of benzene rings is 2. The first-order chi connectivity index (χ1) is 18.0. The number of rotatable bonds is 5. The van der Waals surface area contributed by atoms with Crippen molar-refractivity contribution < 1.29 is 9.53 Å². The molecule has 0 unspecified atom stereocenters. The maximum atomic E-state index is 13.4.